The van der Waals surface area contributed by atoms with E-state index >= 15 is 0 Å². The van der Waals surface area contributed by atoms with E-state index in [1.54, 1.807) is 18.9 Å². The highest BCUT2D eigenvalue weighted by Gasteiger charge is 2.57. The number of hydrogen-bond donors (Lipinski definition) is 0. The summed E-state index contributed by atoms with van der Waals surface area (Å²) in [4.78, 5) is 14.0. The first-order chi connectivity index (χ1) is 10.4. The molecule has 2 fully saturated rings. The number of amides is 1. The Bertz CT molecular complexity index is 496. The Balaban J connectivity index is 2.08. The van der Waals surface area contributed by atoms with Crippen LogP contribution in [0.4, 0.5) is 0 Å². The molecule has 1 spiro atoms. The van der Waals surface area contributed by atoms with Crippen LogP contribution in [0.1, 0.15) is 52.4 Å². The molecule has 128 valence electrons. The predicted molar refractivity (Wildman–Crippen MR) is 86.4 cm³/mol. The summed E-state index contributed by atoms with van der Waals surface area (Å²) >= 11 is 0. The number of rotatable bonds is 6. The average Bonchev–Trinajstić information content (AvgIpc) is 2.51. The predicted octanol–water partition coefficient (Wildman–Crippen LogP) is 2.01. The van der Waals surface area contributed by atoms with Crippen molar-refractivity contribution in [1.29, 1.82) is 0 Å². The van der Waals surface area contributed by atoms with Crippen molar-refractivity contribution in [2.24, 2.45) is 5.41 Å². The molecule has 0 radical (unpaired) electrons. The highest BCUT2D eigenvalue weighted by molar-refractivity contribution is 7.92. The molecule has 5 nitrogen and oxygen atoms in total. The van der Waals surface area contributed by atoms with E-state index in [9.17, 15) is 13.2 Å². The van der Waals surface area contributed by atoms with Crippen LogP contribution in [0.2, 0.25) is 0 Å². The molecule has 0 aromatic heterocycles. The second-order valence-electron chi connectivity index (χ2n) is 6.67. The van der Waals surface area contributed by atoms with Gasteiger partial charge in [-0.1, -0.05) is 26.2 Å². The summed E-state index contributed by atoms with van der Waals surface area (Å²) < 4.78 is 29.3. The highest BCUT2D eigenvalue weighted by Crippen LogP contribution is 2.55. The van der Waals surface area contributed by atoms with Crippen LogP contribution in [-0.4, -0.2) is 56.5 Å². The molecule has 2 aliphatic rings. The molecular formula is C16H29NO4S. The van der Waals surface area contributed by atoms with Gasteiger partial charge < -0.3 is 9.64 Å². The van der Waals surface area contributed by atoms with Crippen molar-refractivity contribution in [3.63, 3.8) is 0 Å². The highest BCUT2D eigenvalue weighted by atomic mass is 32.2. The zero-order valence-corrected chi connectivity index (χ0v) is 14.8. The van der Waals surface area contributed by atoms with E-state index in [4.69, 9.17) is 4.74 Å². The second kappa shape index (κ2) is 6.87. The smallest absolute Gasteiger partial charge is 0.237 e. The number of hydrogen-bond acceptors (Lipinski definition) is 4. The maximum atomic E-state index is 12.3. The summed E-state index contributed by atoms with van der Waals surface area (Å²) in [7, 11) is -1.51. The van der Waals surface area contributed by atoms with Gasteiger partial charge in [-0.25, -0.2) is 8.42 Å². The molecule has 22 heavy (non-hydrogen) atoms. The van der Waals surface area contributed by atoms with Gasteiger partial charge in [-0.3, -0.25) is 4.79 Å². The lowest BCUT2D eigenvalue weighted by atomic mass is 9.54. The summed E-state index contributed by atoms with van der Waals surface area (Å²) in [5.74, 6) is -0.623. The Morgan fingerprint density at radius 1 is 1.23 bits per heavy atom. The summed E-state index contributed by atoms with van der Waals surface area (Å²) in [6.07, 6.45) is 6.82. The van der Waals surface area contributed by atoms with Crippen molar-refractivity contribution < 1.29 is 17.9 Å². The van der Waals surface area contributed by atoms with Gasteiger partial charge in [-0.15, -0.1) is 0 Å². The topological polar surface area (TPSA) is 63.7 Å². The molecule has 6 heteroatoms. The largest absolute Gasteiger partial charge is 0.378 e. The first kappa shape index (κ1) is 17.7. The summed E-state index contributed by atoms with van der Waals surface area (Å²) in [6.45, 7) is 4.28. The fourth-order valence-corrected chi connectivity index (χ4v) is 4.92. The van der Waals surface area contributed by atoms with Crippen LogP contribution in [0.5, 0.6) is 0 Å². The van der Waals surface area contributed by atoms with Gasteiger partial charge in [0.1, 0.15) is 5.75 Å². The molecule has 0 N–H and O–H groups in total. The molecule has 0 bridgehead atoms. The molecule has 0 aromatic carbocycles. The third kappa shape index (κ3) is 3.32. The maximum absolute atomic E-state index is 12.3. The Morgan fingerprint density at radius 2 is 1.86 bits per heavy atom. The lowest BCUT2D eigenvalue weighted by Crippen LogP contribution is -2.66. The van der Waals surface area contributed by atoms with Crippen molar-refractivity contribution >= 4 is 15.7 Å². The quantitative estimate of drug-likeness (QED) is 0.747. The van der Waals surface area contributed by atoms with Crippen LogP contribution in [0, 0.1) is 5.41 Å². The van der Waals surface area contributed by atoms with E-state index in [1.807, 2.05) is 6.92 Å². The minimum Gasteiger partial charge on any atom is -0.378 e. The van der Waals surface area contributed by atoms with Crippen LogP contribution >= 0.6 is 0 Å². The first-order valence-corrected chi connectivity index (χ1v) is 10.3. The molecule has 2 aliphatic carbocycles. The molecule has 2 atom stereocenters. The van der Waals surface area contributed by atoms with Crippen molar-refractivity contribution in [2.45, 2.75) is 64.5 Å². The maximum Gasteiger partial charge on any atom is 0.237 e. The SMILES string of the molecule is CCO[C@@H]1C[C@@H](N(C)C(=O)CS(=O)(=O)CC)C12CCCCC2. The van der Waals surface area contributed by atoms with Gasteiger partial charge in [-0.2, -0.15) is 0 Å². The first-order valence-electron chi connectivity index (χ1n) is 8.44. The Morgan fingerprint density at radius 3 is 2.41 bits per heavy atom. The second-order valence-corrected chi connectivity index (χ2v) is 9.02. The summed E-state index contributed by atoms with van der Waals surface area (Å²) in [5, 5.41) is 0. The summed E-state index contributed by atoms with van der Waals surface area (Å²) in [5.41, 5.74) is 0.0502. The number of nitrogens with zero attached hydrogens (tertiary/aromatic N) is 1. The minimum atomic E-state index is -3.27. The normalized spacial score (nSPS) is 27.4. The minimum absolute atomic E-state index is 0.0178. The number of carbonyl (C=O) groups is 1. The number of sulfone groups is 1. The van der Waals surface area contributed by atoms with Gasteiger partial charge in [-0.05, 0) is 26.2 Å². The Labute approximate surface area is 134 Å². The average molecular weight is 331 g/mol. The van der Waals surface area contributed by atoms with Gasteiger partial charge in [0, 0.05) is 30.9 Å². The number of ether oxygens (including phenoxy) is 1. The van der Waals surface area contributed by atoms with Crippen molar-refractivity contribution in [3.8, 4) is 0 Å². The fraction of sp³-hybridized carbons (Fsp3) is 0.938. The monoisotopic (exact) mass is 331 g/mol. The summed E-state index contributed by atoms with van der Waals surface area (Å²) in [6, 6.07) is 0.129. The van der Waals surface area contributed by atoms with Gasteiger partial charge in [0.25, 0.3) is 0 Å². The third-order valence-electron chi connectivity index (χ3n) is 5.54. The molecule has 2 saturated carbocycles. The molecule has 0 aliphatic heterocycles. The van der Waals surface area contributed by atoms with E-state index in [1.165, 1.54) is 19.3 Å². The standard InChI is InChI=1S/C16H29NO4S/c1-4-21-14-11-13(16(14)9-7-6-8-10-16)17(3)15(18)12-22(19,20)5-2/h13-14H,4-12H2,1-3H3/t13-,14-/m1/s1. The van der Waals surface area contributed by atoms with Crippen molar-refractivity contribution in [3.05, 3.63) is 0 Å². The molecule has 2 rings (SSSR count). The van der Waals surface area contributed by atoms with Gasteiger partial charge in [0.05, 0.1) is 6.10 Å². The fourth-order valence-electron chi connectivity index (χ4n) is 4.14. The van der Waals surface area contributed by atoms with E-state index in [-0.39, 0.29) is 35.0 Å². The van der Waals surface area contributed by atoms with Crippen LogP contribution < -0.4 is 0 Å². The number of carbonyl (C=O) groups excluding carboxylic acids is 1. The molecule has 0 heterocycles. The zero-order valence-electron chi connectivity index (χ0n) is 14.0. The lowest BCUT2D eigenvalue weighted by molar-refractivity contribution is -0.183. The van der Waals surface area contributed by atoms with E-state index in [0.29, 0.717) is 6.61 Å². The van der Waals surface area contributed by atoms with Crippen molar-refractivity contribution in [1.82, 2.24) is 4.90 Å². The van der Waals surface area contributed by atoms with E-state index < -0.39 is 9.84 Å². The molecular weight excluding hydrogens is 302 g/mol. The van der Waals surface area contributed by atoms with E-state index in [0.717, 1.165) is 19.3 Å². The Hall–Kier alpha value is -0.620. The van der Waals surface area contributed by atoms with Gasteiger partial charge >= 0.3 is 0 Å². The molecule has 0 saturated heterocycles. The van der Waals surface area contributed by atoms with Crippen LogP contribution in [0.25, 0.3) is 0 Å². The van der Waals surface area contributed by atoms with Crippen LogP contribution in [0.3, 0.4) is 0 Å². The molecule has 0 unspecified atom stereocenters. The van der Waals surface area contributed by atoms with Gasteiger partial charge in [0.15, 0.2) is 9.84 Å². The van der Waals surface area contributed by atoms with Gasteiger partial charge in [0.2, 0.25) is 5.91 Å². The van der Waals surface area contributed by atoms with Crippen LogP contribution in [-0.2, 0) is 19.4 Å². The van der Waals surface area contributed by atoms with E-state index in [2.05, 4.69) is 0 Å². The zero-order chi connectivity index (χ0) is 16.4. The molecule has 0 aromatic rings. The Kier molecular flexibility index (Phi) is 5.54. The lowest BCUT2D eigenvalue weighted by Gasteiger charge is -2.60. The molecule has 1 amide bonds. The van der Waals surface area contributed by atoms with Crippen molar-refractivity contribution in [2.75, 3.05) is 25.2 Å². The van der Waals surface area contributed by atoms with Crippen LogP contribution in [0.15, 0.2) is 0 Å². The third-order valence-corrected chi connectivity index (χ3v) is 7.11.